The number of amides is 2. The van der Waals surface area contributed by atoms with Gasteiger partial charge in [0.05, 0.1) is 36.7 Å². The minimum absolute atomic E-state index is 0.143. The van der Waals surface area contributed by atoms with Crippen molar-refractivity contribution in [1.82, 2.24) is 29.4 Å². The van der Waals surface area contributed by atoms with Crippen LogP contribution in [0.5, 0.6) is 0 Å². The van der Waals surface area contributed by atoms with Crippen LogP contribution in [0.3, 0.4) is 0 Å². The number of carbonyl (C=O) groups is 3. The number of aliphatic carboxylic acids is 1. The van der Waals surface area contributed by atoms with E-state index in [1.165, 1.54) is 47.9 Å². The van der Waals surface area contributed by atoms with Crippen LogP contribution < -0.4 is 20.7 Å². The third-order valence-electron chi connectivity index (χ3n) is 8.33. The van der Waals surface area contributed by atoms with Crippen molar-refractivity contribution in [3.05, 3.63) is 68.9 Å². The van der Waals surface area contributed by atoms with E-state index in [0.717, 1.165) is 35.6 Å². The Labute approximate surface area is 286 Å². The molecule has 0 radical (unpaired) electrons. The van der Waals surface area contributed by atoms with Crippen LogP contribution in [0.4, 0.5) is 5.13 Å². The summed E-state index contributed by atoms with van der Waals surface area (Å²) in [5.74, 6) is -2.37. The Morgan fingerprint density at radius 3 is 2.81 bits per heavy atom. The number of thiophene rings is 1. The van der Waals surface area contributed by atoms with Gasteiger partial charge in [-0.1, -0.05) is 5.16 Å². The number of fused-ring (bicyclic) bond motifs is 2. The number of nitrogens with two attached hydrogens (primary N) is 1. The van der Waals surface area contributed by atoms with Gasteiger partial charge in [0, 0.05) is 34.7 Å². The number of hydrazone groups is 1. The van der Waals surface area contributed by atoms with Gasteiger partial charge in [-0.05, 0) is 36.3 Å². The summed E-state index contributed by atoms with van der Waals surface area (Å²) in [7, 11) is 1.28. The minimum Gasteiger partial charge on any atom is -0.543 e. The fourth-order valence-corrected chi connectivity index (χ4v) is 8.77. The number of β-lactam (4-membered cyclic amide) rings is 1. The molecule has 4 aromatic heterocycles. The molecule has 2 amide bonds. The van der Waals surface area contributed by atoms with Crippen LogP contribution in [0.2, 0.25) is 0 Å². The van der Waals surface area contributed by atoms with Gasteiger partial charge in [0.15, 0.2) is 17.0 Å². The number of rotatable bonds is 11. The summed E-state index contributed by atoms with van der Waals surface area (Å²) in [4.78, 5) is 50.0. The molecule has 48 heavy (non-hydrogen) atoms. The normalized spacial score (nSPS) is 20.0. The van der Waals surface area contributed by atoms with Crippen molar-refractivity contribution in [2.24, 2.45) is 10.3 Å². The highest BCUT2D eigenvalue weighted by Gasteiger charge is 2.53. The zero-order valence-electron chi connectivity index (χ0n) is 25.9. The molecule has 3 aliphatic heterocycles. The molecule has 2 saturated heterocycles. The summed E-state index contributed by atoms with van der Waals surface area (Å²) >= 11 is 4.18. The van der Waals surface area contributed by atoms with Crippen molar-refractivity contribution in [3.63, 3.8) is 0 Å². The molecule has 15 nitrogen and oxygen atoms in total. The molecule has 0 spiro atoms. The monoisotopic (exact) mass is 708 g/mol. The van der Waals surface area contributed by atoms with Crippen LogP contribution in [0.15, 0.2) is 63.0 Å². The van der Waals surface area contributed by atoms with Gasteiger partial charge in [-0.3, -0.25) is 19.5 Å². The number of aromatic nitrogens is 4. The fraction of sp³-hybridized carbons (Fsp3) is 0.367. The second kappa shape index (κ2) is 13.4. The van der Waals surface area contributed by atoms with E-state index in [1.54, 1.807) is 16.7 Å². The molecule has 2 atom stereocenters. The number of nitrogens with zero attached hydrogens (tertiary/aromatic N) is 8. The molecule has 0 aliphatic carbocycles. The standard InChI is InChI=1S/C30H32N10O5S3/c1-45-35-23(21-17-48-30(31)33-21)26(41)34-24-27(42)40-25(29(43)44)19(16-47-28(24)40)13-38-8-5-22-36(9-10-39(22)38)14-20-11-18(15-46-20)12-32-37-6-3-2-4-7-37/h5,8-12,15,17,24,28H,2-4,6-7,13-14,16H2,1H3,(H3-,31,33,34,41,43,44)/b32-12?,35-23-/t24-,28-/m1/s1. The number of carboxylic acid groups (broad SMARTS) is 1. The zero-order valence-corrected chi connectivity index (χ0v) is 28.3. The van der Waals surface area contributed by atoms with Gasteiger partial charge in [-0.2, -0.15) is 5.10 Å². The van der Waals surface area contributed by atoms with Gasteiger partial charge in [0.25, 0.3) is 11.8 Å². The lowest BCUT2D eigenvalue weighted by Crippen LogP contribution is -2.71. The number of carboxylic acids is 1. The van der Waals surface area contributed by atoms with Crippen LogP contribution in [0.25, 0.3) is 5.65 Å². The number of thioether (sulfide) groups is 1. The predicted molar refractivity (Wildman–Crippen MR) is 179 cm³/mol. The first-order chi connectivity index (χ1) is 23.3. The van der Waals surface area contributed by atoms with E-state index in [4.69, 9.17) is 10.6 Å². The molecule has 7 rings (SSSR count). The van der Waals surface area contributed by atoms with Crippen LogP contribution in [-0.2, 0) is 32.3 Å². The number of thiazole rings is 1. The summed E-state index contributed by atoms with van der Waals surface area (Å²) in [6.45, 7) is 2.92. The smallest absolute Gasteiger partial charge is 0.307 e. The van der Waals surface area contributed by atoms with E-state index >= 15 is 0 Å². The second-order valence-electron chi connectivity index (χ2n) is 11.4. The Balaban J connectivity index is 1.04. The maximum atomic E-state index is 13.3. The van der Waals surface area contributed by atoms with E-state index in [9.17, 15) is 19.5 Å². The molecule has 2 fully saturated rings. The average molecular weight is 709 g/mol. The molecule has 0 unspecified atom stereocenters. The van der Waals surface area contributed by atoms with Crippen LogP contribution in [0.1, 0.15) is 35.4 Å². The SMILES string of the molecule is CO/N=C(\C(=O)N[C@@H]1C(=O)N2C(C(=O)[O-])=C(Cn3ccc4n3cc[n+]4Cc3cc(C=NN4CCCCC4)cs3)CS[C@H]12)c1csc(N)n1. The molecule has 3 N–H and O–H groups in total. The van der Waals surface area contributed by atoms with Crippen LogP contribution in [-0.4, -0.2) is 91.2 Å². The first-order valence-corrected chi connectivity index (χ1v) is 18.0. The highest BCUT2D eigenvalue weighted by Crippen LogP contribution is 2.40. The number of imidazole rings is 1. The summed E-state index contributed by atoms with van der Waals surface area (Å²) in [6, 6.07) is 3.16. The van der Waals surface area contributed by atoms with Crippen molar-refractivity contribution in [3.8, 4) is 0 Å². The van der Waals surface area contributed by atoms with Gasteiger partial charge < -0.3 is 25.8 Å². The lowest BCUT2D eigenvalue weighted by molar-refractivity contribution is -0.661. The number of anilines is 1. The van der Waals surface area contributed by atoms with Gasteiger partial charge in [0.2, 0.25) is 0 Å². The fourth-order valence-electron chi connectivity index (χ4n) is 6.05. The number of hydrogen-bond acceptors (Lipinski definition) is 13. The third kappa shape index (κ3) is 6.17. The van der Waals surface area contributed by atoms with Gasteiger partial charge in [0.1, 0.15) is 37.0 Å². The van der Waals surface area contributed by atoms with E-state index < -0.39 is 29.2 Å². The Morgan fingerprint density at radius 1 is 1.23 bits per heavy atom. The Hall–Kier alpha value is -4.68. The molecule has 7 heterocycles. The van der Waals surface area contributed by atoms with E-state index in [1.807, 2.05) is 40.1 Å². The first kappa shape index (κ1) is 31.9. The number of nitrogen functional groups attached to an aromatic ring is 1. The van der Waals surface area contributed by atoms with Gasteiger partial charge in [-0.15, -0.1) is 39.0 Å². The Kier molecular flexibility index (Phi) is 8.93. The molecular formula is C30H32N10O5S3. The molecule has 250 valence electrons. The van der Waals surface area contributed by atoms with Crippen molar-refractivity contribution in [2.75, 3.05) is 31.7 Å². The van der Waals surface area contributed by atoms with Crippen LogP contribution in [0, 0.1) is 0 Å². The highest BCUT2D eigenvalue weighted by atomic mass is 32.2. The summed E-state index contributed by atoms with van der Waals surface area (Å²) in [5.41, 5.74) is 8.13. The van der Waals surface area contributed by atoms with Gasteiger partial charge >= 0.3 is 5.65 Å². The van der Waals surface area contributed by atoms with E-state index in [0.29, 0.717) is 17.9 Å². The molecular weight excluding hydrogens is 677 g/mol. The summed E-state index contributed by atoms with van der Waals surface area (Å²) < 4.78 is 5.97. The van der Waals surface area contributed by atoms with Crippen molar-refractivity contribution in [2.45, 2.75) is 43.8 Å². The van der Waals surface area contributed by atoms with Gasteiger partial charge in [-0.25, -0.2) is 14.2 Å². The largest absolute Gasteiger partial charge is 0.543 e. The molecule has 0 bridgehead atoms. The number of oxime groups is 1. The predicted octanol–water partition coefficient (Wildman–Crippen LogP) is 0.451. The molecule has 4 aromatic rings. The zero-order chi connectivity index (χ0) is 33.4. The maximum Gasteiger partial charge on any atom is 0.307 e. The summed E-state index contributed by atoms with van der Waals surface area (Å²) in [5, 5.41) is 28.9. The molecule has 18 heteroatoms. The maximum absolute atomic E-state index is 13.3. The van der Waals surface area contributed by atoms with Crippen molar-refractivity contribution >= 4 is 74.9 Å². The highest BCUT2D eigenvalue weighted by molar-refractivity contribution is 8.00. The van der Waals surface area contributed by atoms with E-state index in [2.05, 4.69) is 41.6 Å². The number of carbonyl (C=O) groups excluding carboxylic acids is 3. The quantitative estimate of drug-likeness (QED) is 0.0969. The van der Waals surface area contributed by atoms with Crippen molar-refractivity contribution in [1.29, 1.82) is 0 Å². The second-order valence-corrected chi connectivity index (χ2v) is 14.4. The third-order valence-corrected chi connectivity index (χ3v) is 11.3. The lowest BCUT2D eigenvalue weighted by atomic mass is 10.0. The first-order valence-electron chi connectivity index (χ1n) is 15.2. The minimum atomic E-state index is -1.45. The summed E-state index contributed by atoms with van der Waals surface area (Å²) in [6.07, 6.45) is 11.4. The molecule has 0 aromatic carbocycles. The molecule has 0 saturated carbocycles. The average Bonchev–Trinajstić information content (AvgIpc) is 3.89. The van der Waals surface area contributed by atoms with Crippen LogP contribution >= 0.6 is 34.4 Å². The van der Waals surface area contributed by atoms with Crippen molar-refractivity contribution < 1.29 is 28.9 Å². The number of nitrogens with one attached hydrogen (secondary N) is 1. The van der Waals surface area contributed by atoms with E-state index in [-0.39, 0.29) is 28.8 Å². The number of hydrogen-bond donors (Lipinski definition) is 2. The lowest BCUT2D eigenvalue weighted by Gasteiger charge is -2.50. The topological polar surface area (TPSA) is 179 Å². The Morgan fingerprint density at radius 2 is 2.06 bits per heavy atom. The Bertz CT molecular complexity index is 1970. The number of piperidine rings is 1. The molecule has 3 aliphatic rings.